The summed E-state index contributed by atoms with van der Waals surface area (Å²) in [5.41, 5.74) is 0.348. The lowest BCUT2D eigenvalue weighted by Gasteiger charge is -2.02. The van der Waals surface area contributed by atoms with Crippen LogP contribution >= 0.6 is 11.6 Å². The second-order valence-corrected chi connectivity index (χ2v) is 3.67. The number of aryl methyl sites for hydroxylation is 1. The summed E-state index contributed by atoms with van der Waals surface area (Å²) in [5, 5.41) is 7.34. The quantitative estimate of drug-likeness (QED) is 0.628. The second kappa shape index (κ2) is 4.75. The van der Waals surface area contributed by atoms with Crippen molar-refractivity contribution in [3.05, 3.63) is 41.5 Å². The third kappa shape index (κ3) is 2.26. The van der Waals surface area contributed by atoms with E-state index in [2.05, 4.69) is 10.3 Å². The van der Waals surface area contributed by atoms with Crippen LogP contribution in [0.1, 0.15) is 5.69 Å². The van der Waals surface area contributed by atoms with Crippen molar-refractivity contribution in [2.24, 2.45) is 0 Å². The number of alkyl halides is 1. The van der Waals surface area contributed by atoms with Crippen LogP contribution in [0, 0.1) is 17.5 Å². The third-order valence-corrected chi connectivity index (χ3v) is 2.34. The number of rotatable bonds is 3. The smallest absolute Gasteiger partial charge is 0.196 e. The van der Waals surface area contributed by atoms with Crippen LogP contribution in [0.5, 0.6) is 0 Å². The molecule has 0 unspecified atom stereocenters. The molecule has 7 heteroatoms. The van der Waals surface area contributed by atoms with Gasteiger partial charge in [0.2, 0.25) is 0 Å². The zero-order valence-electron chi connectivity index (χ0n) is 8.50. The van der Waals surface area contributed by atoms with Crippen LogP contribution in [-0.4, -0.2) is 20.9 Å². The zero-order valence-corrected chi connectivity index (χ0v) is 9.26. The maximum Gasteiger partial charge on any atom is 0.196 e. The van der Waals surface area contributed by atoms with Crippen molar-refractivity contribution in [3.63, 3.8) is 0 Å². The summed E-state index contributed by atoms with van der Waals surface area (Å²) in [6.45, 7) is 0. The van der Waals surface area contributed by atoms with Crippen LogP contribution in [-0.2, 0) is 6.42 Å². The van der Waals surface area contributed by atoms with Gasteiger partial charge in [-0.25, -0.2) is 17.9 Å². The van der Waals surface area contributed by atoms with Crippen molar-refractivity contribution in [3.8, 4) is 5.69 Å². The largest absolute Gasteiger partial charge is 0.217 e. The summed E-state index contributed by atoms with van der Waals surface area (Å²) in [6, 6.07) is 1.92. The monoisotopic (exact) mass is 261 g/mol. The van der Waals surface area contributed by atoms with Gasteiger partial charge in [-0.15, -0.1) is 16.7 Å². The SMILES string of the molecule is Fc1ccc(-n2cc(CCCl)nn2)c(F)c1F. The fourth-order valence-corrected chi connectivity index (χ4v) is 1.51. The van der Waals surface area contributed by atoms with Gasteiger partial charge in [0.1, 0.15) is 5.69 Å². The molecular formula is C10H7ClF3N3. The van der Waals surface area contributed by atoms with Gasteiger partial charge in [0.15, 0.2) is 17.5 Å². The van der Waals surface area contributed by atoms with Crippen LogP contribution in [0.15, 0.2) is 18.3 Å². The Bertz CT molecular complexity index is 542. The highest BCUT2D eigenvalue weighted by Gasteiger charge is 2.15. The normalized spacial score (nSPS) is 10.8. The molecule has 0 atom stereocenters. The fraction of sp³-hybridized carbons (Fsp3) is 0.200. The molecule has 2 aromatic rings. The number of hydrogen-bond donors (Lipinski definition) is 0. The maximum atomic E-state index is 13.4. The van der Waals surface area contributed by atoms with Gasteiger partial charge in [-0.05, 0) is 12.1 Å². The van der Waals surface area contributed by atoms with E-state index in [1.807, 2.05) is 0 Å². The summed E-state index contributed by atoms with van der Waals surface area (Å²) >= 11 is 5.51. The Balaban J connectivity index is 2.42. The van der Waals surface area contributed by atoms with E-state index in [1.165, 1.54) is 6.20 Å². The first-order valence-corrected chi connectivity index (χ1v) is 5.28. The molecule has 0 saturated carbocycles. The molecule has 1 heterocycles. The molecule has 0 amide bonds. The molecule has 0 bridgehead atoms. The highest BCUT2D eigenvalue weighted by molar-refractivity contribution is 6.17. The Morgan fingerprint density at radius 3 is 2.65 bits per heavy atom. The molecule has 0 aliphatic carbocycles. The summed E-state index contributed by atoms with van der Waals surface area (Å²) < 4.78 is 40.2. The van der Waals surface area contributed by atoms with Crippen LogP contribution in [0.4, 0.5) is 13.2 Å². The Hall–Kier alpha value is -1.56. The molecular weight excluding hydrogens is 255 g/mol. The first-order chi connectivity index (χ1) is 8.13. The molecule has 0 aliphatic heterocycles. The van der Waals surface area contributed by atoms with Crippen LogP contribution in [0.3, 0.4) is 0 Å². The van der Waals surface area contributed by atoms with E-state index >= 15 is 0 Å². The third-order valence-electron chi connectivity index (χ3n) is 2.15. The average Bonchev–Trinajstić information content (AvgIpc) is 2.75. The van der Waals surface area contributed by atoms with Gasteiger partial charge >= 0.3 is 0 Å². The summed E-state index contributed by atoms with van der Waals surface area (Å²) in [5.74, 6) is -3.73. The first kappa shape index (κ1) is 11.9. The van der Waals surface area contributed by atoms with Gasteiger partial charge in [0, 0.05) is 12.3 Å². The highest BCUT2D eigenvalue weighted by atomic mass is 35.5. The molecule has 17 heavy (non-hydrogen) atoms. The summed E-state index contributed by atoms with van der Waals surface area (Å²) in [4.78, 5) is 0. The minimum atomic E-state index is -1.53. The molecule has 1 aromatic carbocycles. The molecule has 1 aromatic heterocycles. The second-order valence-electron chi connectivity index (χ2n) is 3.29. The summed E-state index contributed by atoms with van der Waals surface area (Å²) in [6.07, 6.45) is 1.88. The van der Waals surface area contributed by atoms with E-state index in [0.29, 0.717) is 18.0 Å². The number of nitrogens with zero attached hydrogens (tertiary/aromatic N) is 3. The highest BCUT2D eigenvalue weighted by Crippen LogP contribution is 2.18. The summed E-state index contributed by atoms with van der Waals surface area (Å²) in [7, 11) is 0. The van der Waals surface area contributed by atoms with Crippen molar-refractivity contribution in [2.45, 2.75) is 6.42 Å². The van der Waals surface area contributed by atoms with E-state index in [9.17, 15) is 13.2 Å². The first-order valence-electron chi connectivity index (χ1n) is 4.74. The Morgan fingerprint density at radius 2 is 1.94 bits per heavy atom. The van der Waals surface area contributed by atoms with Crippen LogP contribution in [0.2, 0.25) is 0 Å². The molecule has 0 spiro atoms. The molecule has 90 valence electrons. The van der Waals surface area contributed by atoms with Crippen molar-refractivity contribution in [1.29, 1.82) is 0 Å². The zero-order chi connectivity index (χ0) is 12.4. The molecule has 0 fully saturated rings. The molecule has 0 N–H and O–H groups in total. The van der Waals surface area contributed by atoms with Gasteiger partial charge in [-0.2, -0.15) is 0 Å². The van der Waals surface area contributed by atoms with E-state index in [1.54, 1.807) is 0 Å². The topological polar surface area (TPSA) is 30.7 Å². The Labute approximate surface area is 99.8 Å². The van der Waals surface area contributed by atoms with Gasteiger partial charge in [-0.1, -0.05) is 5.21 Å². The van der Waals surface area contributed by atoms with Crippen LogP contribution < -0.4 is 0 Å². The maximum absolute atomic E-state index is 13.4. The van der Waals surface area contributed by atoms with Crippen molar-refractivity contribution in [2.75, 3.05) is 5.88 Å². The average molecular weight is 262 g/mol. The number of hydrogen-bond acceptors (Lipinski definition) is 2. The molecule has 3 nitrogen and oxygen atoms in total. The lowest BCUT2D eigenvalue weighted by atomic mass is 10.3. The van der Waals surface area contributed by atoms with Crippen molar-refractivity contribution in [1.82, 2.24) is 15.0 Å². The fourth-order valence-electron chi connectivity index (χ4n) is 1.32. The molecule has 2 rings (SSSR count). The lowest BCUT2D eigenvalue weighted by Crippen LogP contribution is -2.02. The predicted molar refractivity (Wildman–Crippen MR) is 55.7 cm³/mol. The Morgan fingerprint density at radius 1 is 1.18 bits per heavy atom. The number of aromatic nitrogens is 3. The van der Waals surface area contributed by atoms with Gasteiger partial charge in [-0.3, -0.25) is 0 Å². The standard InChI is InChI=1S/C10H7ClF3N3/c11-4-3-6-5-17(16-15-6)8-2-1-7(12)9(13)10(8)14/h1-2,5H,3-4H2. The molecule has 0 saturated heterocycles. The van der Waals surface area contributed by atoms with E-state index < -0.39 is 17.5 Å². The molecule has 0 radical (unpaired) electrons. The number of benzene rings is 1. The minimum absolute atomic E-state index is 0.197. The van der Waals surface area contributed by atoms with Gasteiger partial charge < -0.3 is 0 Å². The minimum Gasteiger partial charge on any atom is -0.217 e. The van der Waals surface area contributed by atoms with Gasteiger partial charge in [0.05, 0.1) is 11.9 Å². The van der Waals surface area contributed by atoms with E-state index in [4.69, 9.17) is 11.6 Å². The van der Waals surface area contributed by atoms with Crippen LogP contribution in [0.25, 0.3) is 5.69 Å². The van der Waals surface area contributed by atoms with E-state index in [-0.39, 0.29) is 5.69 Å². The van der Waals surface area contributed by atoms with Crippen molar-refractivity contribution >= 4 is 11.6 Å². The van der Waals surface area contributed by atoms with Crippen molar-refractivity contribution < 1.29 is 13.2 Å². The predicted octanol–water partition coefficient (Wildman–Crippen LogP) is 2.47. The van der Waals surface area contributed by atoms with Gasteiger partial charge in [0.25, 0.3) is 0 Å². The molecule has 0 aliphatic rings. The van der Waals surface area contributed by atoms with E-state index in [0.717, 1.165) is 16.8 Å². The Kier molecular flexibility index (Phi) is 3.33. The number of halogens is 4. The lowest BCUT2D eigenvalue weighted by molar-refractivity contribution is 0.442.